The molecule has 35 heavy (non-hydrogen) atoms. The van der Waals surface area contributed by atoms with E-state index >= 15 is 0 Å². The van der Waals surface area contributed by atoms with Crippen molar-refractivity contribution in [3.8, 4) is 5.75 Å². The summed E-state index contributed by atoms with van der Waals surface area (Å²) in [6.07, 6.45) is 4.53. The van der Waals surface area contributed by atoms with Crippen LogP contribution < -0.4 is 15.4 Å². The lowest BCUT2D eigenvalue weighted by Gasteiger charge is -2.29. The second kappa shape index (κ2) is 10.2. The first kappa shape index (κ1) is 24.1. The number of Topliss-reactive ketones (excluding diaryl/α,β-unsaturated/α-hetero) is 1. The third-order valence-electron chi connectivity index (χ3n) is 8.06. The number of aromatic amines is 1. The van der Waals surface area contributed by atoms with Crippen LogP contribution in [0.3, 0.4) is 0 Å². The summed E-state index contributed by atoms with van der Waals surface area (Å²) in [6, 6.07) is 6.21. The number of rotatable bonds is 8. The van der Waals surface area contributed by atoms with Crippen molar-refractivity contribution in [3.63, 3.8) is 0 Å². The molecular weight excluding hydrogens is 468 g/mol. The summed E-state index contributed by atoms with van der Waals surface area (Å²) in [6.45, 7) is 2.31. The number of carbonyl (C=O) groups is 3. The Morgan fingerprint density at radius 1 is 1.26 bits per heavy atom. The van der Waals surface area contributed by atoms with Gasteiger partial charge in [-0.05, 0) is 74.7 Å². The molecule has 0 bridgehead atoms. The number of nitrogens with one attached hydrogen (secondary N) is 3. The van der Waals surface area contributed by atoms with Gasteiger partial charge in [-0.25, -0.2) is 0 Å². The lowest BCUT2D eigenvalue weighted by atomic mass is 9.92. The molecule has 8 nitrogen and oxygen atoms in total. The minimum absolute atomic E-state index is 0.109. The van der Waals surface area contributed by atoms with Crippen LogP contribution in [0.5, 0.6) is 5.75 Å². The van der Waals surface area contributed by atoms with Crippen molar-refractivity contribution in [1.82, 2.24) is 20.5 Å². The number of fused-ring (bicyclic) bond motifs is 2. The van der Waals surface area contributed by atoms with Crippen LogP contribution in [0.4, 0.5) is 0 Å². The topological polar surface area (TPSA) is 104 Å². The van der Waals surface area contributed by atoms with Crippen molar-refractivity contribution in [2.24, 2.45) is 17.8 Å². The molecule has 5 rings (SSSR count). The number of aromatic nitrogens is 1. The average molecular weight is 501 g/mol. The Bertz CT molecular complexity index is 1110. The van der Waals surface area contributed by atoms with Gasteiger partial charge < -0.3 is 25.3 Å². The van der Waals surface area contributed by atoms with Crippen LogP contribution >= 0.6 is 11.6 Å². The van der Waals surface area contributed by atoms with Crippen molar-refractivity contribution in [3.05, 3.63) is 30.0 Å². The molecule has 9 heteroatoms. The lowest BCUT2D eigenvalue weighted by molar-refractivity contribution is -0.130. The number of halogens is 1. The van der Waals surface area contributed by atoms with Crippen LogP contribution in [0.1, 0.15) is 42.6 Å². The fraction of sp³-hybridized carbons (Fsp3) is 0.577. The standard InChI is InChI=1S/C26H33ClN4O4/c1-35-23-7-3-6-19-18(23)11-21(29-19)26(34)31-14-16-4-2-5-17(16)24(31)25(33)30-20(22(32)12-27)10-15-8-9-28-13-15/h3,6-7,11,15-17,20,24,28-29H,2,4-5,8-10,12-14H2,1H3,(H,30,33)/t15-,16-,17-,20-,24-/m0/s1. The molecule has 1 aromatic heterocycles. The molecule has 3 heterocycles. The molecule has 2 amide bonds. The molecule has 3 N–H and O–H groups in total. The average Bonchev–Trinajstić information content (AvgIpc) is 3.65. The van der Waals surface area contributed by atoms with E-state index in [2.05, 4.69) is 15.6 Å². The first-order chi connectivity index (χ1) is 17.0. The van der Waals surface area contributed by atoms with Gasteiger partial charge in [-0.15, -0.1) is 11.6 Å². The van der Waals surface area contributed by atoms with E-state index < -0.39 is 12.1 Å². The van der Waals surface area contributed by atoms with Crippen LogP contribution in [0, 0.1) is 17.8 Å². The zero-order valence-corrected chi connectivity index (χ0v) is 20.8. The Morgan fingerprint density at radius 3 is 2.86 bits per heavy atom. The Hall–Kier alpha value is -2.58. The second-order valence-corrected chi connectivity index (χ2v) is 10.4. The molecule has 2 saturated heterocycles. The minimum atomic E-state index is -0.625. The number of ketones is 1. The number of hydrogen-bond acceptors (Lipinski definition) is 5. The van der Waals surface area contributed by atoms with Crippen LogP contribution in [-0.2, 0) is 9.59 Å². The summed E-state index contributed by atoms with van der Waals surface area (Å²) in [5, 5.41) is 7.15. The summed E-state index contributed by atoms with van der Waals surface area (Å²) in [4.78, 5) is 44.9. The van der Waals surface area contributed by atoms with Gasteiger partial charge in [-0.2, -0.15) is 0 Å². The minimum Gasteiger partial charge on any atom is -0.496 e. The zero-order valence-electron chi connectivity index (χ0n) is 20.0. The number of methoxy groups -OCH3 is 1. The monoisotopic (exact) mass is 500 g/mol. The zero-order chi connectivity index (χ0) is 24.5. The van der Waals surface area contributed by atoms with Gasteiger partial charge in [0.25, 0.3) is 5.91 Å². The fourth-order valence-electron chi connectivity index (χ4n) is 6.30. The number of carbonyl (C=O) groups excluding carboxylic acids is 3. The van der Waals surface area contributed by atoms with Gasteiger partial charge in [0.2, 0.25) is 5.91 Å². The van der Waals surface area contributed by atoms with Crippen LogP contribution in [0.25, 0.3) is 10.9 Å². The van der Waals surface area contributed by atoms with Crippen molar-refractivity contribution in [2.75, 3.05) is 32.6 Å². The largest absolute Gasteiger partial charge is 0.496 e. The van der Waals surface area contributed by atoms with Gasteiger partial charge in [-0.3, -0.25) is 14.4 Å². The Kier molecular flexibility index (Phi) is 7.02. The molecule has 1 saturated carbocycles. The number of hydrogen-bond donors (Lipinski definition) is 3. The summed E-state index contributed by atoms with van der Waals surface area (Å²) in [7, 11) is 1.60. The highest BCUT2D eigenvalue weighted by molar-refractivity contribution is 6.28. The van der Waals surface area contributed by atoms with Crippen molar-refractivity contribution in [2.45, 2.75) is 44.2 Å². The Labute approximate surface area is 210 Å². The van der Waals surface area contributed by atoms with Gasteiger partial charge in [0.15, 0.2) is 5.78 Å². The van der Waals surface area contributed by atoms with E-state index in [0.717, 1.165) is 49.7 Å². The predicted octanol–water partition coefficient (Wildman–Crippen LogP) is 2.71. The number of alkyl halides is 1. The number of likely N-dealkylation sites (tertiary alicyclic amines) is 1. The highest BCUT2D eigenvalue weighted by atomic mass is 35.5. The number of ether oxygens (including phenoxy) is 1. The number of H-pyrrole nitrogens is 1. The van der Waals surface area contributed by atoms with Gasteiger partial charge in [0.05, 0.1) is 19.0 Å². The molecule has 3 aliphatic rings. The second-order valence-electron chi connectivity index (χ2n) is 10.1. The van der Waals surface area contributed by atoms with Crippen molar-refractivity contribution >= 4 is 40.1 Å². The summed E-state index contributed by atoms with van der Waals surface area (Å²) in [5.41, 5.74) is 1.25. The van der Waals surface area contributed by atoms with Gasteiger partial charge in [-0.1, -0.05) is 12.5 Å². The maximum absolute atomic E-state index is 13.7. The van der Waals surface area contributed by atoms with E-state index in [9.17, 15) is 14.4 Å². The highest BCUT2D eigenvalue weighted by Gasteiger charge is 2.50. The molecule has 0 radical (unpaired) electrons. The third kappa shape index (κ3) is 4.66. The first-order valence-corrected chi connectivity index (χ1v) is 13.1. The van der Waals surface area contributed by atoms with Gasteiger partial charge >= 0.3 is 0 Å². The molecule has 0 spiro atoms. The molecule has 1 aliphatic carbocycles. The van der Waals surface area contributed by atoms with E-state index in [0.29, 0.717) is 36.2 Å². The molecule has 5 atom stereocenters. The molecule has 188 valence electrons. The van der Waals surface area contributed by atoms with Crippen molar-refractivity contribution in [1.29, 1.82) is 0 Å². The number of benzene rings is 1. The summed E-state index contributed by atoms with van der Waals surface area (Å²) in [5.74, 6) is 0.681. The van der Waals surface area contributed by atoms with E-state index in [-0.39, 0.29) is 29.4 Å². The maximum Gasteiger partial charge on any atom is 0.271 e. The Morgan fingerprint density at radius 2 is 2.11 bits per heavy atom. The normalized spacial score (nSPS) is 26.6. The molecular formula is C26H33ClN4O4. The quantitative estimate of drug-likeness (QED) is 0.483. The predicted molar refractivity (Wildman–Crippen MR) is 134 cm³/mol. The molecule has 1 aromatic carbocycles. The van der Waals surface area contributed by atoms with Crippen LogP contribution in [-0.4, -0.2) is 72.2 Å². The van der Waals surface area contributed by atoms with Gasteiger partial charge in [0.1, 0.15) is 17.5 Å². The van der Waals surface area contributed by atoms with Crippen LogP contribution in [0.2, 0.25) is 0 Å². The van der Waals surface area contributed by atoms with E-state index in [1.54, 1.807) is 18.1 Å². The molecule has 2 aromatic rings. The summed E-state index contributed by atoms with van der Waals surface area (Å²) >= 11 is 5.89. The molecule has 3 fully saturated rings. The summed E-state index contributed by atoms with van der Waals surface area (Å²) < 4.78 is 5.44. The smallest absolute Gasteiger partial charge is 0.271 e. The van der Waals surface area contributed by atoms with Crippen molar-refractivity contribution < 1.29 is 19.1 Å². The highest BCUT2D eigenvalue weighted by Crippen LogP contribution is 2.43. The lowest BCUT2D eigenvalue weighted by Crippen LogP contribution is -2.53. The van der Waals surface area contributed by atoms with Crippen LogP contribution in [0.15, 0.2) is 24.3 Å². The SMILES string of the molecule is COc1cccc2[nH]c(C(=O)N3C[C@@H]4CCC[C@@H]4[C@H]3C(=O)N[C@@H](C[C@@H]3CCNC3)C(=O)CCl)cc12. The molecule has 2 aliphatic heterocycles. The Balaban J connectivity index is 1.39. The number of amides is 2. The van der Waals surface area contributed by atoms with E-state index in [4.69, 9.17) is 16.3 Å². The first-order valence-electron chi connectivity index (χ1n) is 12.6. The van der Waals surface area contributed by atoms with E-state index in [1.165, 1.54) is 0 Å². The van der Waals surface area contributed by atoms with E-state index in [1.807, 2.05) is 18.2 Å². The third-order valence-corrected chi connectivity index (χ3v) is 8.33. The number of nitrogens with zero attached hydrogens (tertiary/aromatic N) is 1. The molecule has 0 unspecified atom stereocenters. The van der Waals surface area contributed by atoms with Gasteiger partial charge in [0, 0.05) is 17.4 Å². The fourth-order valence-corrected chi connectivity index (χ4v) is 6.48. The maximum atomic E-state index is 13.7.